The Balaban J connectivity index is 1.58. The van der Waals surface area contributed by atoms with Crippen molar-refractivity contribution in [2.24, 2.45) is 21.6 Å². The van der Waals surface area contributed by atoms with E-state index in [0.29, 0.717) is 24.7 Å². The second kappa shape index (κ2) is 5.56. The molecule has 1 spiro atoms. The number of amidine groups is 1. The topological polar surface area (TPSA) is 114 Å². The Kier molecular flexibility index (Phi) is 3.33. The van der Waals surface area contributed by atoms with Gasteiger partial charge in [-0.1, -0.05) is 30.3 Å². The number of hydrogen-bond acceptors (Lipinski definition) is 7. The van der Waals surface area contributed by atoms with Crippen molar-refractivity contribution in [1.29, 1.82) is 10.5 Å². The molecular formula is C21H16N4O3. The molecule has 138 valence electrons. The van der Waals surface area contributed by atoms with Gasteiger partial charge in [-0.15, -0.1) is 0 Å². The van der Waals surface area contributed by atoms with Crippen LogP contribution in [0, 0.1) is 33.5 Å². The van der Waals surface area contributed by atoms with Crippen LogP contribution in [-0.4, -0.2) is 25.0 Å². The first kappa shape index (κ1) is 16.8. The van der Waals surface area contributed by atoms with Gasteiger partial charge in [0.2, 0.25) is 0 Å². The van der Waals surface area contributed by atoms with Gasteiger partial charge >= 0.3 is 0 Å². The average molecular weight is 372 g/mol. The van der Waals surface area contributed by atoms with Gasteiger partial charge in [-0.3, -0.25) is 0 Å². The molecule has 0 amide bonds. The number of rotatable bonds is 3. The molecule has 0 radical (unpaired) electrons. The number of para-hydroxylation sites is 1. The first-order valence-electron chi connectivity index (χ1n) is 8.93. The van der Waals surface area contributed by atoms with Crippen molar-refractivity contribution in [1.82, 2.24) is 0 Å². The highest BCUT2D eigenvalue weighted by atomic mass is 16.8. The van der Waals surface area contributed by atoms with E-state index in [9.17, 15) is 10.5 Å². The first-order valence-corrected chi connectivity index (χ1v) is 8.93. The summed E-state index contributed by atoms with van der Waals surface area (Å²) in [5.41, 5.74) is 4.31. The molecule has 2 N–H and O–H groups in total. The molecule has 2 aliphatic heterocycles. The quantitative estimate of drug-likeness (QED) is 0.886. The van der Waals surface area contributed by atoms with E-state index < -0.39 is 22.7 Å². The summed E-state index contributed by atoms with van der Waals surface area (Å²) in [5.74, 6) is -0.668. The van der Waals surface area contributed by atoms with Crippen molar-refractivity contribution in [3.05, 3.63) is 60.2 Å². The van der Waals surface area contributed by atoms with Crippen LogP contribution in [0.1, 0.15) is 11.5 Å². The van der Waals surface area contributed by atoms with E-state index in [1.54, 1.807) is 0 Å². The summed E-state index contributed by atoms with van der Waals surface area (Å²) < 4.78 is 17.4. The number of aliphatic imine (C=N–C) groups is 1. The zero-order valence-corrected chi connectivity index (χ0v) is 14.8. The summed E-state index contributed by atoms with van der Waals surface area (Å²) in [4.78, 5) is 4.28. The summed E-state index contributed by atoms with van der Waals surface area (Å²) >= 11 is 0. The molecule has 0 unspecified atom stereocenters. The number of fused-ring (bicyclic) bond motifs is 2. The lowest BCUT2D eigenvalue weighted by molar-refractivity contribution is -0.184. The van der Waals surface area contributed by atoms with E-state index in [4.69, 9.17) is 19.9 Å². The SMILES string of the molecule is N#C[C@@]12[C@H](c3cccc(Oc4ccccc4)c3)[C@@]1(C#N)C(N)=NC21OCCO1. The van der Waals surface area contributed by atoms with Crippen LogP contribution in [0.15, 0.2) is 59.6 Å². The minimum Gasteiger partial charge on any atom is -0.457 e. The molecule has 0 aromatic heterocycles. The van der Waals surface area contributed by atoms with Crippen molar-refractivity contribution in [3.63, 3.8) is 0 Å². The maximum atomic E-state index is 10.1. The van der Waals surface area contributed by atoms with E-state index >= 15 is 0 Å². The van der Waals surface area contributed by atoms with Crippen LogP contribution in [-0.2, 0) is 9.47 Å². The van der Waals surface area contributed by atoms with E-state index in [2.05, 4.69) is 17.1 Å². The van der Waals surface area contributed by atoms with Gasteiger partial charge in [-0.25, -0.2) is 4.99 Å². The molecule has 7 nitrogen and oxygen atoms in total. The number of benzene rings is 2. The number of nitrogens with zero attached hydrogens (tertiary/aromatic N) is 3. The van der Waals surface area contributed by atoms with Crippen LogP contribution in [0.4, 0.5) is 0 Å². The lowest BCUT2D eigenvalue weighted by Crippen LogP contribution is -2.38. The molecule has 0 bridgehead atoms. The van der Waals surface area contributed by atoms with Gasteiger partial charge in [0.1, 0.15) is 22.7 Å². The second-order valence-corrected chi connectivity index (χ2v) is 7.04. The number of ether oxygens (including phenoxy) is 3. The molecule has 7 heteroatoms. The summed E-state index contributed by atoms with van der Waals surface area (Å²) in [6, 6.07) is 21.2. The Labute approximate surface area is 161 Å². The van der Waals surface area contributed by atoms with Gasteiger partial charge in [0, 0.05) is 5.92 Å². The van der Waals surface area contributed by atoms with Gasteiger partial charge in [0.05, 0.1) is 25.4 Å². The summed E-state index contributed by atoms with van der Waals surface area (Å²) in [7, 11) is 0. The van der Waals surface area contributed by atoms with Crippen molar-refractivity contribution >= 4 is 5.84 Å². The van der Waals surface area contributed by atoms with Gasteiger partial charge in [-0.05, 0) is 29.8 Å². The Morgan fingerprint density at radius 3 is 2.39 bits per heavy atom. The molecule has 28 heavy (non-hydrogen) atoms. The predicted octanol–water partition coefficient (Wildman–Crippen LogP) is 2.67. The average Bonchev–Trinajstić information content (AvgIpc) is 2.98. The molecule has 2 aromatic rings. The zero-order valence-electron chi connectivity index (χ0n) is 14.8. The molecule has 1 saturated carbocycles. The molecule has 1 aliphatic carbocycles. The number of hydrogen-bond donors (Lipinski definition) is 1. The predicted molar refractivity (Wildman–Crippen MR) is 98.0 cm³/mol. The highest BCUT2D eigenvalue weighted by Gasteiger charge is 2.94. The minimum atomic E-state index is -1.53. The Morgan fingerprint density at radius 1 is 1.00 bits per heavy atom. The van der Waals surface area contributed by atoms with Crippen LogP contribution in [0.25, 0.3) is 0 Å². The largest absolute Gasteiger partial charge is 0.457 e. The third kappa shape index (κ3) is 1.80. The van der Waals surface area contributed by atoms with E-state index in [1.165, 1.54) is 0 Å². The monoisotopic (exact) mass is 372 g/mol. The van der Waals surface area contributed by atoms with Crippen LogP contribution in [0.2, 0.25) is 0 Å². The molecule has 3 aliphatic rings. The molecule has 2 aromatic carbocycles. The zero-order chi connectivity index (χ0) is 19.4. The highest BCUT2D eigenvalue weighted by molar-refractivity contribution is 6.00. The maximum absolute atomic E-state index is 10.1. The fraction of sp³-hybridized carbons (Fsp3) is 0.286. The van der Waals surface area contributed by atoms with Gasteiger partial charge < -0.3 is 19.9 Å². The van der Waals surface area contributed by atoms with Crippen LogP contribution in [0.5, 0.6) is 11.5 Å². The summed E-state index contributed by atoms with van der Waals surface area (Å²) in [5, 5.41) is 20.1. The second-order valence-electron chi connectivity index (χ2n) is 7.04. The van der Waals surface area contributed by atoms with Crippen LogP contribution >= 0.6 is 0 Å². The maximum Gasteiger partial charge on any atom is 0.293 e. The van der Waals surface area contributed by atoms with Gasteiger partial charge in [0.25, 0.3) is 5.91 Å². The van der Waals surface area contributed by atoms with Gasteiger partial charge in [0.15, 0.2) is 5.41 Å². The van der Waals surface area contributed by atoms with Crippen molar-refractivity contribution in [2.45, 2.75) is 11.8 Å². The fourth-order valence-corrected chi connectivity index (χ4v) is 4.60. The number of nitriles is 2. The third-order valence-electron chi connectivity index (χ3n) is 5.78. The molecule has 2 fully saturated rings. The fourth-order valence-electron chi connectivity index (χ4n) is 4.60. The van der Waals surface area contributed by atoms with Gasteiger partial charge in [-0.2, -0.15) is 10.5 Å². The lowest BCUT2D eigenvalue weighted by atomic mass is 9.94. The third-order valence-corrected chi connectivity index (χ3v) is 5.78. The van der Waals surface area contributed by atoms with Crippen LogP contribution < -0.4 is 10.5 Å². The Hall–Kier alpha value is -3.39. The number of nitrogens with two attached hydrogens (primary N) is 1. The van der Waals surface area contributed by atoms with E-state index in [0.717, 1.165) is 5.56 Å². The Bertz CT molecular complexity index is 1070. The van der Waals surface area contributed by atoms with E-state index in [1.807, 2.05) is 54.6 Å². The minimum absolute atomic E-state index is 0.0813. The molecule has 2 heterocycles. The molecule has 5 rings (SSSR count). The van der Waals surface area contributed by atoms with Crippen LogP contribution in [0.3, 0.4) is 0 Å². The highest BCUT2D eigenvalue weighted by Crippen LogP contribution is 2.82. The van der Waals surface area contributed by atoms with Crippen molar-refractivity contribution < 1.29 is 14.2 Å². The standard InChI is InChI=1S/C21H16N4O3/c22-12-19-17(20(19,13-23)21(25-18(19)24)26-9-10-27-21)14-5-4-8-16(11-14)28-15-6-2-1-3-7-15/h1-8,11,17H,9-10H2,(H2,24,25)/t17-,19+,20-/m1/s1. The Morgan fingerprint density at radius 2 is 1.71 bits per heavy atom. The smallest absolute Gasteiger partial charge is 0.293 e. The lowest BCUT2D eigenvalue weighted by Gasteiger charge is -2.25. The first-order chi connectivity index (χ1) is 13.6. The van der Waals surface area contributed by atoms with Crippen molar-refractivity contribution in [3.8, 4) is 23.6 Å². The van der Waals surface area contributed by atoms with Crippen molar-refractivity contribution in [2.75, 3.05) is 13.2 Å². The molecular weight excluding hydrogens is 356 g/mol. The normalized spacial score (nSPS) is 31.5. The molecule has 3 atom stereocenters. The molecule has 1 saturated heterocycles. The summed E-state index contributed by atoms with van der Waals surface area (Å²) in [6.45, 7) is 0.594. The van der Waals surface area contributed by atoms with E-state index in [-0.39, 0.29) is 5.84 Å². The summed E-state index contributed by atoms with van der Waals surface area (Å²) in [6.07, 6.45) is 0.